The van der Waals surface area contributed by atoms with Crippen molar-refractivity contribution in [3.8, 4) is 11.4 Å². The van der Waals surface area contributed by atoms with Crippen molar-refractivity contribution in [2.24, 2.45) is 0 Å². The summed E-state index contributed by atoms with van der Waals surface area (Å²) in [6.45, 7) is 2.85. The molecule has 0 saturated heterocycles. The zero-order valence-corrected chi connectivity index (χ0v) is 14.9. The van der Waals surface area contributed by atoms with Gasteiger partial charge in [0, 0.05) is 0 Å². The van der Waals surface area contributed by atoms with Crippen LogP contribution in [0.1, 0.15) is 11.1 Å². The third kappa shape index (κ3) is 3.50. The molecule has 2 aliphatic heterocycles. The molecule has 0 aromatic heterocycles. The average molecular weight is 375 g/mol. The van der Waals surface area contributed by atoms with Gasteiger partial charge >= 0.3 is 5.69 Å². The van der Waals surface area contributed by atoms with Crippen LogP contribution < -0.4 is 11.2 Å². The van der Waals surface area contributed by atoms with Crippen molar-refractivity contribution >= 4 is 10.9 Å². The monoisotopic (exact) mass is 375 g/mol. The Balaban J connectivity index is 2.28. The summed E-state index contributed by atoms with van der Waals surface area (Å²) in [4.78, 5) is 29.9. The van der Waals surface area contributed by atoms with E-state index in [-0.39, 0.29) is 17.9 Å². The largest absolute Gasteiger partial charge is 0.394 e. The van der Waals surface area contributed by atoms with E-state index in [4.69, 9.17) is 5.11 Å². The Bertz CT molecular complexity index is 1070. The van der Waals surface area contributed by atoms with Crippen LogP contribution in [0, 0.1) is 13.8 Å². The van der Waals surface area contributed by atoms with Gasteiger partial charge in [-0.3, -0.25) is 9.78 Å². The molecule has 0 spiro atoms. The van der Waals surface area contributed by atoms with Gasteiger partial charge in [0.1, 0.15) is 18.3 Å². The van der Waals surface area contributed by atoms with Crippen LogP contribution in [0.25, 0.3) is 22.3 Å². The number of aromatic nitrogens is 3. The van der Waals surface area contributed by atoms with Crippen molar-refractivity contribution in [2.45, 2.75) is 38.7 Å². The van der Waals surface area contributed by atoms with Gasteiger partial charge < -0.3 is 25.0 Å². The normalized spacial score (nSPS) is 15.2. The predicted molar refractivity (Wildman–Crippen MR) is 97.8 cm³/mol. The highest BCUT2D eigenvalue weighted by atomic mass is 16.4. The minimum atomic E-state index is -1.62. The Kier molecular flexibility index (Phi) is 5.11. The highest BCUT2D eigenvalue weighted by Crippen LogP contribution is 2.27. The van der Waals surface area contributed by atoms with E-state index in [9.17, 15) is 24.9 Å². The highest BCUT2D eigenvalue weighted by Gasteiger charge is 2.27. The first-order chi connectivity index (χ1) is 12.7. The van der Waals surface area contributed by atoms with Crippen molar-refractivity contribution in [3.63, 3.8) is 0 Å². The fourth-order valence-corrected chi connectivity index (χ4v) is 3.07. The lowest BCUT2D eigenvalue weighted by Crippen LogP contribution is -2.42. The second-order valence-corrected chi connectivity index (χ2v) is 6.67. The quantitative estimate of drug-likeness (QED) is 0.355. The Morgan fingerprint density at radius 3 is 2.41 bits per heavy atom. The summed E-state index contributed by atoms with van der Waals surface area (Å²) >= 11 is 0. The van der Waals surface area contributed by atoms with Gasteiger partial charge in [-0.25, -0.2) is 4.79 Å². The van der Waals surface area contributed by atoms with Crippen LogP contribution in [0.3, 0.4) is 0 Å². The van der Waals surface area contributed by atoms with E-state index in [2.05, 4.69) is 9.97 Å². The lowest BCUT2D eigenvalue weighted by Gasteiger charge is -2.25. The van der Waals surface area contributed by atoms with Crippen molar-refractivity contribution < 1.29 is 20.4 Å². The molecule has 1 aromatic rings. The second kappa shape index (κ2) is 7.20. The molecule has 9 nitrogen and oxygen atoms in total. The number of hydrogen-bond acceptors (Lipinski definition) is 7. The fourth-order valence-electron chi connectivity index (χ4n) is 3.07. The van der Waals surface area contributed by atoms with Crippen LogP contribution in [-0.4, -0.2) is 59.9 Å². The van der Waals surface area contributed by atoms with Crippen LogP contribution in [0.2, 0.25) is 0 Å². The molecule has 2 heterocycles. The molecule has 0 bridgehead atoms. The summed E-state index contributed by atoms with van der Waals surface area (Å²) in [6.07, 6.45) is -4.62. The smallest absolute Gasteiger partial charge is 0.349 e. The molecule has 0 amide bonds. The Hall–Kier alpha value is -2.59. The second-order valence-electron chi connectivity index (χ2n) is 6.67. The molecule has 1 aromatic carbocycles. The predicted octanol–water partition coefficient (Wildman–Crippen LogP) is -1.12. The molecule has 2 aliphatic rings. The van der Waals surface area contributed by atoms with E-state index in [0.29, 0.717) is 10.9 Å². The molecular weight excluding hydrogens is 354 g/mol. The van der Waals surface area contributed by atoms with Crippen molar-refractivity contribution in [1.29, 1.82) is 0 Å². The summed E-state index contributed by atoms with van der Waals surface area (Å²) < 4.78 is 1.46. The van der Waals surface area contributed by atoms with Crippen LogP contribution in [0.4, 0.5) is 0 Å². The number of pyridine rings is 1. The van der Waals surface area contributed by atoms with E-state index in [1.165, 1.54) is 4.57 Å². The average Bonchev–Trinajstić information content (AvgIpc) is 2.62. The maximum absolute atomic E-state index is 12.2. The number of benzene rings is 1. The Morgan fingerprint density at radius 1 is 1.07 bits per heavy atom. The van der Waals surface area contributed by atoms with Crippen LogP contribution in [-0.2, 0) is 6.54 Å². The lowest BCUT2D eigenvalue weighted by molar-refractivity contribution is -0.0802. The molecule has 0 fully saturated rings. The maximum Gasteiger partial charge on any atom is 0.349 e. The van der Waals surface area contributed by atoms with Gasteiger partial charge in [-0.1, -0.05) is 0 Å². The van der Waals surface area contributed by atoms with Crippen LogP contribution >= 0.6 is 0 Å². The van der Waals surface area contributed by atoms with Crippen molar-refractivity contribution in [2.75, 3.05) is 6.61 Å². The number of aromatic amines is 1. The number of hydrogen-bond donors (Lipinski definition) is 5. The summed E-state index contributed by atoms with van der Waals surface area (Å²) in [5, 5.41) is 39.5. The first-order valence-corrected chi connectivity index (χ1v) is 8.42. The standard InChI is InChI=1S/C18H21N3O6/c1-8-3-10-5-11-16(19-18(27)20-17(11)26)21(12(10)4-9(8)2)6-13(23)15(25)14(24)7-22/h3-5,13-15,22-25H,6-7H2,1-2H3,(H,20,26,27). The summed E-state index contributed by atoms with van der Waals surface area (Å²) in [6, 6.07) is 5.32. The number of fused-ring (bicyclic) bond motifs is 2. The molecule has 0 saturated carbocycles. The van der Waals surface area contributed by atoms with E-state index in [1.54, 1.807) is 6.07 Å². The minimum Gasteiger partial charge on any atom is -0.394 e. The molecule has 3 unspecified atom stereocenters. The molecular formula is C18H21N3O6. The van der Waals surface area contributed by atoms with E-state index >= 15 is 0 Å². The van der Waals surface area contributed by atoms with Gasteiger partial charge in [-0.05, 0) is 48.6 Å². The first kappa shape index (κ1) is 19.2. The third-order valence-corrected chi connectivity index (χ3v) is 4.75. The number of aryl methyl sites for hydroxylation is 2. The van der Waals surface area contributed by atoms with Crippen molar-refractivity contribution in [1.82, 2.24) is 14.5 Å². The number of rotatable bonds is 5. The van der Waals surface area contributed by atoms with Gasteiger partial charge in [0.25, 0.3) is 5.56 Å². The molecule has 9 heteroatoms. The molecule has 144 valence electrons. The molecule has 27 heavy (non-hydrogen) atoms. The SMILES string of the molecule is Cc1cc2cc3c(=O)[nH]c(=O)nc-3n(CC(O)C(O)C(O)CO)c2cc1C. The number of H-pyrrole nitrogens is 1. The number of aliphatic hydroxyl groups is 4. The van der Waals surface area contributed by atoms with E-state index in [0.717, 1.165) is 11.1 Å². The number of nitrogens with zero attached hydrogens (tertiary/aromatic N) is 2. The summed E-state index contributed by atoms with van der Waals surface area (Å²) in [7, 11) is 0. The molecule has 5 N–H and O–H groups in total. The number of nitrogens with one attached hydrogen (secondary N) is 1. The van der Waals surface area contributed by atoms with Crippen LogP contribution in [0.15, 0.2) is 27.8 Å². The van der Waals surface area contributed by atoms with E-state index in [1.807, 2.05) is 26.0 Å². The zero-order chi connectivity index (χ0) is 19.9. The summed E-state index contributed by atoms with van der Waals surface area (Å²) in [5.74, 6) is 0.0595. The molecule has 3 atom stereocenters. The Morgan fingerprint density at radius 2 is 1.74 bits per heavy atom. The van der Waals surface area contributed by atoms with Gasteiger partial charge in [-0.15, -0.1) is 0 Å². The zero-order valence-electron chi connectivity index (χ0n) is 14.9. The molecule has 3 rings (SSSR count). The van der Waals surface area contributed by atoms with Gasteiger partial charge in [0.2, 0.25) is 0 Å². The molecule has 0 aliphatic carbocycles. The van der Waals surface area contributed by atoms with E-state index < -0.39 is 36.2 Å². The minimum absolute atomic E-state index is 0.0595. The third-order valence-electron chi connectivity index (χ3n) is 4.75. The fraction of sp³-hybridized carbons (Fsp3) is 0.389. The van der Waals surface area contributed by atoms with Gasteiger partial charge in [0.15, 0.2) is 5.82 Å². The van der Waals surface area contributed by atoms with Gasteiger partial charge in [-0.2, -0.15) is 4.98 Å². The number of aliphatic hydroxyl groups excluding tert-OH is 4. The molecule has 0 radical (unpaired) electrons. The topological polar surface area (TPSA) is 149 Å². The highest BCUT2D eigenvalue weighted by molar-refractivity contribution is 5.86. The van der Waals surface area contributed by atoms with Crippen LogP contribution in [0.5, 0.6) is 0 Å². The maximum atomic E-state index is 12.2. The lowest BCUT2D eigenvalue weighted by atomic mass is 10.0. The summed E-state index contributed by atoms with van der Waals surface area (Å²) in [5.41, 5.74) is 1.28. The van der Waals surface area contributed by atoms with Crippen molar-refractivity contribution in [3.05, 3.63) is 50.2 Å². The Labute approximate surface area is 153 Å². The first-order valence-electron chi connectivity index (χ1n) is 8.42. The van der Waals surface area contributed by atoms with Gasteiger partial charge in [0.05, 0.1) is 24.2 Å².